The van der Waals surface area contributed by atoms with Gasteiger partial charge >= 0.3 is 11.9 Å². The predicted molar refractivity (Wildman–Crippen MR) is 148 cm³/mol. The number of carbonyl (C=O) groups is 4. The fourth-order valence-corrected chi connectivity index (χ4v) is 8.27. The van der Waals surface area contributed by atoms with Gasteiger partial charge in [0, 0.05) is 45.6 Å². The minimum absolute atomic E-state index is 0.0665. The van der Waals surface area contributed by atoms with Gasteiger partial charge in [0.15, 0.2) is 0 Å². The molecule has 0 radical (unpaired) electrons. The molecule has 9 heteroatoms. The van der Waals surface area contributed by atoms with Crippen LogP contribution >= 0.6 is 0 Å². The van der Waals surface area contributed by atoms with Gasteiger partial charge in [0.05, 0.1) is 19.8 Å². The highest BCUT2D eigenvalue weighted by molar-refractivity contribution is 5.91. The van der Waals surface area contributed by atoms with Crippen molar-refractivity contribution in [1.29, 1.82) is 0 Å². The number of esters is 2. The van der Waals surface area contributed by atoms with Crippen LogP contribution in [0.1, 0.15) is 73.7 Å². The van der Waals surface area contributed by atoms with Crippen molar-refractivity contribution in [3.63, 3.8) is 0 Å². The van der Waals surface area contributed by atoms with Crippen LogP contribution in [0.2, 0.25) is 0 Å². The summed E-state index contributed by atoms with van der Waals surface area (Å²) in [6.45, 7) is 2.90. The second kappa shape index (κ2) is 12.3. The van der Waals surface area contributed by atoms with Crippen LogP contribution in [0.25, 0.3) is 0 Å². The van der Waals surface area contributed by atoms with Crippen LogP contribution in [0.15, 0.2) is 24.3 Å². The van der Waals surface area contributed by atoms with E-state index in [1.165, 1.54) is 33.5 Å². The van der Waals surface area contributed by atoms with E-state index in [9.17, 15) is 19.2 Å². The molecule has 4 bridgehead atoms. The predicted octanol–water partition coefficient (Wildman–Crippen LogP) is 3.16. The Morgan fingerprint density at radius 3 is 2.15 bits per heavy atom. The first kappa shape index (κ1) is 28.6. The number of nitrogens with one attached hydrogen (secondary N) is 1. The molecule has 0 aromatic heterocycles. The Labute approximate surface area is 236 Å². The van der Waals surface area contributed by atoms with Gasteiger partial charge in [0.25, 0.3) is 0 Å². The van der Waals surface area contributed by atoms with Crippen LogP contribution in [0.3, 0.4) is 0 Å². The first-order valence-electron chi connectivity index (χ1n) is 14.8. The Bertz CT molecular complexity index is 1080. The fraction of sp³-hybridized carbons (Fsp3) is 0.677. The Morgan fingerprint density at radius 1 is 0.925 bits per heavy atom. The summed E-state index contributed by atoms with van der Waals surface area (Å²) in [4.78, 5) is 55.1. The van der Waals surface area contributed by atoms with E-state index >= 15 is 0 Å². The zero-order chi connectivity index (χ0) is 28.3. The largest absolute Gasteiger partial charge is 0.469 e. The number of amides is 2. The zero-order valence-electron chi connectivity index (χ0n) is 23.9. The SMILES string of the molecule is COC(=O)CCC(NC(=O)CC12CC3CC(CC(C3)C1)C2)C(=O)N1CCN(Cc2ccccc2C(=O)OC)CC1. The molecule has 1 unspecified atom stereocenters. The second-order valence-electron chi connectivity index (χ2n) is 12.6. The van der Waals surface area contributed by atoms with Crippen molar-refractivity contribution < 1.29 is 28.7 Å². The van der Waals surface area contributed by atoms with E-state index in [-0.39, 0.29) is 42.0 Å². The molecule has 1 aromatic carbocycles. The lowest BCUT2D eigenvalue weighted by atomic mass is 9.49. The smallest absolute Gasteiger partial charge is 0.338 e. The van der Waals surface area contributed by atoms with Crippen molar-refractivity contribution in [2.45, 2.75) is 70.4 Å². The zero-order valence-corrected chi connectivity index (χ0v) is 23.9. The van der Waals surface area contributed by atoms with Gasteiger partial charge in [0.2, 0.25) is 11.8 Å². The van der Waals surface area contributed by atoms with Gasteiger partial charge in [-0.05, 0) is 79.7 Å². The highest BCUT2D eigenvalue weighted by atomic mass is 16.5. The lowest BCUT2D eigenvalue weighted by Crippen LogP contribution is -2.55. The Morgan fingerprint density at radius 2 is 1.55 bits per heavy atom. The summed E-state index contributed by atoms with van der Waals surface area (Å²) < 4.78 is 9.73. The molecule has 5 fully saturated rings. The third-order valence-electron chi connectivity index (χ3n) is 9.70. The van der Waals surface area contributed by atoms with Crippen LogP contribution < -0.4 is 5.32 Å². The molecule has 0 spiro atoms. The molecular formula is C31H43N3O6. The molecule has 1 N–H and O–H groups in total. The Hall–Kier alpha value is -2.94. The first-order valence-corrected chi connectivity index (χ1v) is 14.8. The topological polar surface area (TPSA) is 105 Å². The number of ether oxygens (including phenoxy) is 2. The van der Waals surface area contributed by atoms with E-state index in [4.69, 9.17) is 9.47 Å². The van der Waals surface area contributed by atoms with E-state index in [1.54, 1.807) is 11.0 Å². The highest BCUT2D eigenvalue weighted by Crippen LogP contribution is 2.61. The number of benzene rings is 1. The summed E-state index contributed by atoms with van der Waals surface area (Å²) in [7, 11) is 2.71. The number of nitrogens with zero attached hydrogens (tertiary/aromatic N) is 2. The maximum Gasteiger partial charge on any atom is 0.338 e. The van der Waals surface area contributed by atoms with Gasteiger partial charge in [-0.3, -0.25) is 19.3 Å². The number of piperazine rings is 1. The fourth-order valence-electron chi connectivity index (χ4n) is 8.27. The highest BCUT2D eigenvalue weighted by Gasteiger charge is 2.51. The van der Waals surface area contributed by atoms with Crippen molar-refractivity contribution >= 4 is 23.8 Å². The van der Waals surface area contributed by atoms with Gasteiger partial charge < -0.3 is 19.7 Å². The molecular weight excluding hydrogens is 510 g/mol. The average Bonchev–Trinajstić information content (AvgIpc) is 2.94. The summed E-state index contributed by atoms with van der Waals surface area (Å²) in [5.41, 5.74) is 1.52. The molecule has 218 valence electrons. The lowest BCUT2D eigenvalue weighted by molar-refractivity contribution is -0.143. The van der Waals surface area contributed by atoms with Crippen LogP contribution in [0, 0.1) is 23.2 Å². The summed E-state index contributed by atoms with van der Waals surface area (Å²) >= 11 is 0. The molecule has 1 aliphatic heterocycles. The van der Waals surface area contributed by atoms with Crippen molar-refractivity contribution in [2.75, 3.05) is 40.4 Å². The number of hydrogen-bond acceptors (Lipinski definition) is 7. The molecule has 1 atom stereocenters. The third-order valence-corrected chi connectivity index (χ3v) is 9.70. The van der Waals surface area contributed by atoms with Crippen molar-refractivity contribution in [1.82, 2.24) is 15.1 Å². The van der Waals surface area contributed by atoms with Gasteiger partial charge in [-0.1, -0.05) is 18.2 Å². The van der Waals surface area contributed by atoms with Crippen molar-refractivity contribution in [3.05, 3.63) is 35.4 Å². The summed E-state index contributed by atoms with van der Waals surface area (Å²) in [6.07, 6.45) is 8.15. The first-order chi connectivity index (χ1) is 19.3. The Balaban J connectivity index is 1.18. The van der Waals surface area contributed by atoms with E-state index in [0.29, 0.717) is 44.7 Å². The second-order valence-corrected chi connectivity index (χ2v) is 12.6. The number of methoxy groups -OCH3 is 2. The molecule has 6 rings (SSSR count). The lowest BCUT2D eigenvalue weighted by Gasteiger charge is -2.56. The minimum atomic E-state index is -0.743. The molecule has 4 saturated carbocycles. The van der Waals surface area contributed by atoms with Crippen LogP contribution in [-0.2, 0) is 30.4 Å². The van der Waals surface area contributed by atoms with E-state index < -0.39 is 6.04 Å². The van der Waals surface area contributed by atoms with Crippen LogP contribution in [0.5, 0.6) is 0 Å². The summed E-state index contributed by atoms with van der Waals surface area (Å²) in [6, 6.07) is 6.66. The van der Waals surface area contributed by atoms with Crippen LogP contribution in [-0.4, -0.2) is 80.0 Å². The number of rotatable bonds is 10. The number of carbonyl (C=O) groups excluding carboxylic acids is 4. The monoisotopic (exact) mass is 553 g/mol. The quantitative estimate of drug-likeness (QED) is 0.444. The maximum atomic E-state index is 13.6. The molecule has 2 amide bonds. The molecule has 1 saturated heterocycles. The number of hydrogen-bond donors (Lipinski definition) is 1. The molecule has 40 heavy (non-hydrogen) atoms. The van der Waals surface area contributed by atoms with E-state index in [0.717, 1.165) is 42.6 Å². The molecule has 9 nitrogen and oxygen atoms in total. The van der Waals surface area contributed by atoms with Gasteiger partial charge in [-0.15, -0.1) is 0 Å². The van der Waals surface area contributed by atoms with Crippen molar-refractivity contribution in [3.8, 4) is 0 Å². The minimum Gasteiger partial charge on any atom is -0.469 e. The molecule has 5 aliphatic rings. The van der Waals surface area contributed by atoms with E-state index in [1.807, 2.05) is 18.2 Å². The molecule has 4 aliphatic carbocycles. The summed E-state index contributed by atoms with van der Waals surface area (Å²) in [5, 5.41) is 3.04. The molecule has 1 heterocycles. The third kappa shape index (κ3) is 6.51. The van der Waals surface area contributed by atoms with Gasteiger partial charge in [0.1, 0.15) is 6.04 Å². The standard InChI is InChI=1S/C31H43N3O6/c1-39-28(36)8-7-26(32-27(35)19-31-16-21-13-22(17-31)15-23(14-21)18-31)29(37)34-11-9-33(10-12-34)20-24-5-3-4-6-25(24)30(38)40-2/h3-6,21-23,26H,7-20H2,1-2H3,(H,32,35). The van der Waals surface area contributed by atoms with Crippen LogP contribution in [0.4, 0.5) is 0 Å². The van der Waals surface area contributed by atoms with Crippen molar-refractivity contribution in [2.24, 2.45) is 23.2 Å². The normalized spacial score (nSPS) is 28.1. The molecule has 1 aromatic rings. The average molecular weight is 554 g/mol. The van der Waals surface area contributed by atoms with E-state index in [2.05, 4.69) is 10.2 Å². The maximum absolute atomic E-state index is 13.6. The van der Waals surface area contributed by atoms with Gasteiger partial charge in [-0.2, -0.15) is 0 Å². The summed E-state index contributed by atoms with van der Waals surface area (Å²) in [5.74, 6) is 1.31. The Kier molecular flexibility index (Phi) is 8.78. The van der Waals surface area contributed by atoms with Gasteiger partial charge in [-0.25, -0.2) is 4.79 Å².